The number of carbonyl (C=O) groups is 2. The summed E-state index contributed by atoms with van der Waals surface area (Å²) in [5.74, 6) is -0.753. The second kappa shape index (κ2) is 9.90. The van der Waals surface area contributed by atoms with Crippen molar-refractivity contribution in [3.8, 4) is 0 Å². The van der Waals surface area contributed by atoms with Gasteiger partial charge in [-0.25, -0.2) is 0 Å². The van der Waals surface area contributed by atoms with Crippen LogP contribution in [0.4, 0.5) is 11.4 Å². The van der Waals surface area contributed by atoms with Gasteiger partial charge in [0.05, 0.1) is 10.6 Å². The summed E-state index contributed by atoms with van der Waals surface area (Å²) in [6.07, 6.45) is -0.126. The van der Waals surface area contributed by atoms with Crippen LogP contribution >= 0.6 is 27.7 Å². The van der Waals surface area contributed by atoms with E-state index in [4.69, 9.17) is 0 Å². The molecule has 1 saturated heterocycles. The Balaban J connectivity index is 1.63. The molecule has 168 valence electrons. The standard InChI is InChI=1S/C23H18BrN3O4S2/c24-16-11-13-19(14-12-16)33(30,31)26-23-27(18-9-5-2-6-10-18)22(29)20(32-23)15-21(28)25-17-7-3-1-4-8-17/h1-14,20H,15H2,(H,25,28)/t20-/m1/s1. The molecule has 0 bridgehead atoms. The second-order valence-corrected chi connectivity index (χ2v) is 10.7. The third-order valence-corrected chi connectivity index (χ3v) is 7.75. The molecule has 0 aromatic heterocycles. The summed E-state index contributed by atoms with van der Waals surface area (Å²) in [6, 6.07) is 23.6. The number of thioether (sulfide) groups is 1. The quantitative estimate of drug-likeness (QED) is 0.487. The molecule has 0 spiro atoms. The van der Waals surface area contributed by atoms with Crippen LogP contribution in [0.2, 0.25) is 0 Å². The molecule has 3 aromatic rings. The molecule has 1 N–H and O–H groups in total. The number of nitrogens with one attached hydrogen (secondary N) is 1. The highest BCUT2D eigenvalue weighted by atomic mass is 79.9. The fourth-order valence-electron chi connectivity index (χ4n) is 3.14. The molecule has 10 heteroatoms. The van der Waals surface area contributed by atoms with Gasteiger partial charge in [-0.3, -0.25) is 14.5 Å². The molecule has 1 fully saturated rings. The zero-order valence-corrected chi connectivity index (χ0v) is 20.3. The van der Waals surface area contributed by atoms with Crippen LogP contribution in [0.5, 0.6) is 0 Å². The highest BCUT2D eigenvalue weighted by Gasteiger charge is 2.41. The van der Waals surface area contributed by atoms with Crippen molar-refractivity contribution in [1.82, 2.24) is 0 Å². The number of para-hydroxylation sites is 2. The Bertz CT molecular complexity index is 1300. The minimum atomic E-state index is -4.07. The maximum Gasteiger partial charge on any atom is 0.284 e. The number of benzene rings is 3. The zero-order chi connectivity index (χ0) is 23.4. The first-order valence-corrected chi connectivity index (χ1v) is 13.0. The zero-order valence-electron chi connectivity index (χ0n) is 17.1. The fourth-order valence-corrected chi connectivity index (χ4v) is 5.74. The van der Waals surface area contributed by atoms with E-state index in [2.05, 4.69) is 25.6 Å². The maximum absolute atomic E-state index is 13.2. The summed E-state index contributed by atoms with van der Waals surface area (Å²) < 4.78 is 30.5. The monoisotopic (exact) mass is 543 g/mol. The lowest BCUT2D eigenvalue weighted by Gasteiger charge is -2.16. The molecule has 0 unspecified atom stereocenters. The van der Waals surface area contributed by atoms with E-state index in [-0.39, 0.29) is 22.4 Å². The molecule has 0 radical (unpaired) electrons. The van der Waals surface area contributed by atoms with Crippen molar-refractivity contribution in [3.63, 3.8) is 0 Å². The van der Waals surface area contributed by atoms with Crippen LogP contribution in [0.15, 0.2) is 98.7 Å². The first kappa shape index (κ1) is 23.2. The van der Waals surface area contributed by atoms with Gasteiger partial charge in [-0.2, -0.15) is 8.42 Å². The first-order valence-electron chi connectivity index (χ1n) is 9.84. The van der Waals surface area contributed by atoms with E-state index in [0.717, 1.165) is 16.2 Å². The summed E-state index contributed by atoms with van der Waals surface area (Å²) in [4.78, 5) is 27.0. The van der Waals surface area contributed by atoms with Crippen LogP contribution in [0.3, 0.4) is 0 Å². The van der Waals surface area contributed by atoms with Crippen molar-refractivity contribution in [2.75, 3.05) is 10.2 Å². The Kier molecular flexibility index (Phi) is 6.96. The Morgan fingerprint density at radius 3 is 2.21 bits per heavy atom. The molecule has 7 nitrogen and oxygen atoms in total. The van der Waals surface area contributed by atoms with Gasteiger partial charge in [0.25, 0.3) is 10.0 Å². The molecule has 1 aliphatic heterocycles. The topological polar surface area (TPSA) is 95.9 Å². The number of rotatable bonds is 6. The van der Waals surface area contributed by atoms with Crippen LogP contribution < -0.4 is 10.2 Å². The molecular weight excluding hydrogens is 526 g/mol. The molecule has 0 aliphatic carbocycles. The van der Waals surface area contributed by atoms with Gasteiger partial charge in [-0.05, 0) is 48.5 Å². The van der Waals surface area contributed by atoms with Gasteiger partial charge in [0, 0.05) is 16.6 Å². The molecule has 1 aliphatic rings. The Morgan fingerprint density at radius 1 is 0.970 bits per heavy atom. The lowest BCUT2D eigenvalue weighted by molar-refractivity contribution is -0.121. The molecule has 3 aromatic carbocycles. The summed E-state index contributed by atoms with van der Waals surface area (Å²) in [5, 5.41) is 1.95. The van der Waals surface area contributed by atoms with E-state index in [1.54, 1.807) is 66.7 Å². The molecule has 4 rings (SSSR count). The maximum atomic E-state index is 13.2. The Hall–Kier alpha value is -2.95. The number of carbonyl (C=O) groups excluding carboxylic acids is 2. The van der Waals surface area contributed by atoms with Crippen molar-refractivity contribution >= 4 is 66.1 Å². The minimum Gasteiger partial charge on any atom is -0.326 e. The predicted molar refractivity (Wildman–Crippen MR) is 134 cm³/mol. The summed E-state index contributed by atoms with van der Waals surface area (Å²) in [5.41, 5.74) is 1.09. The third kappa shape index (κ3) is 5.52. The number of nitrogens with zero attached hydrogens (tertiary/aromatic N) is 2. The number of amides is 2. The molecule has 1 atom stereocenters. The van der Waals surface area contributed by atoms with Gasteiger partial charge in [-0.15, -0.1) is 4.40 Å². The average Bonchev–Trinajstić information content (AvgIpc) is 3.09. The highest BCUT2D eigenvalue weighted by Crippen LogP contribution is 2.35. The van der Waals surface area contributed by atoms with Crippen molar-refractivity contribution in [2.24, 2.45) is 4.40 Å². The number of halogens is 1. The molecule has 1 heterocycles. The first-order chi connectivity index (χ1) is 15.8. The number of sulfonamides is 1. The van der Waals surface area contributed by atoms with E-state index < -0.39 is 21.2 Å². The van der Waals surface area contributed by atoms with Gasteiger partial charge in [0.2, 0.25) is 11.8 Å². The van der Waals surface area contributed by atoms with Crippen LogP contribution in [0, 0.1) is 0 Å². The Morgan fingerprint density at radius 2 is 1.58 bits per heavy atom. The minimum absolute atomic E-state index is 0.00420. The van der Waals surface area contributed by atoms with E-state index in [0.29, 0.717) is 11.4 Å². The summed E-state index contributed by atoms with van der Waals surface area (Å²) in [7, 11) is -4.07. The van der Waals surface area contributed by atoms with Gasteiger partial charge in [0.1, 0.15) is 5.25 Å². The molecule has 2 amide bonds. The predicted octanol–water partition coefficient (Wildman–Crippen LogP) is 4.67. The van der Waals surface area contributed by atoms with Crippen molar-refractivity contribution in [1.29, 1.82) is 0 Å². The third-order valence-electron chi connectivity index (χ3n) is 4.69. The summed E-state index contributed by atoms with van der Waals surface area (Å²) >= 11 is 4.24. The van der Waals surface area contributed by atoms with Crippen LogP contribution in [-0.2, 0) is 19.6 Å². The van der Waals surface area contributed by atoms with Crippen LogP contribution in [0.25, 0.3) is 0 Å². The molecular formula is C23H18BrN3O4S2. The van der Waals surface area contributed by atoms with Crippen molar-refractivity contribution in [3.05, 3.63) is 89.4 Å². The van der Waals surface area contributed by atoms with Gasteiger partial charge in [0.15, 0.2) is 5.17 Å². The van der Waals surface area contributed by atoms with Crippen LogP contribution in [0.1, 0.15) is 6.42 Å². The van der Waals surface area contributed by atoms with Gasteiger partial charge >= 0.3 is 0 Å². The highest BCUT2D eigenvalue weighted by molar-refractivity contribution is 9.10. The molecule has 33 heavy (non-hydrogen) atoms. The Labute approximate surface area is 204 Å². The number of hydrogen-bond acceptors (Lipinski definition) is 5. The lowest BCUT2D eigenvalue weighted by Crippen LogP contribution is -2.33. The number of amidine groups is 1. The number of hydrogen-bond donors (Lipinski definition) is 1. The van der Waals surface area contributed by atoms with Crippen LogP contribution in [-0.4, -0.2) is 30.6 Å². The lowest BCUT2D eigenvalue weighted by atomic mass is 10.2. The van der Waals surface area contributed by atoms with Gasteiger partial charge < -0.3 is 5.32 Å². The van der Waals surface area contributed by atoms with E-state index in [1.165, 1.54) is 17.0 Å². The largest absolute Gasteiger partial charge is 0.326 e. The average molecular weight is 544 g/mol. The normalized spacial score (nSPS) is 17.4. The summed E-state index contributed by atoms with van der Waals surface area (Å²) in [6.45, 7) is 0. The second-order valence-electron chi connectivity index (χ2n) is 7.04. The van der Waals surface area contributed by atoms with Crippen molar-refractivity contribution < 1.29 is 18.0 Å². The van der Waals surface area contributed by atoms with E-state index in [9.17, 15) is 18.0 Å². The molecule has 0 saturated carbocycles. The van der Waals surface area contributed by atoms with Gasteiger partial charge in [-0.1, -0.05) is 64.1 Å². The SMILES string of the molecule is O=C(C[C@H]1SC(=NS(=O)(=O)c2ccc(Br)cc2)N(c2ccccc2)C1=O)Nc1ccccc1. The fraction of sp³-hybridized carbons (Fsp3) is 0.0870. The smallest absolute Gasteiger partial charge is 0.284 e. The number of anilines is 2. The van der Waals surface area contributed by atoms with E-state index >= 15 is 0 Å². The van der Waals surface area contributed by atoms with E-state index in [1.807, 2.05) is 6.07 Å². The van der Waals surface area contributed by atoms with Crippen molar-refractivity contribution in [2.45, 2.75) is 16.6 Å².